The number of amidine groups is 2. The minimum atomic E-state index is -0.400. The van der Waals surface area contributed by atoms with Crippen molar-refractivity contribution < 1.29 is 9.59 Å². The molecular weight excluding hydrogens is 456 g/mol. The van der Waals surface area contributed by atoms with Crippen molar-refractivity contribution in [2.24, 2.45) is 9.98 Å². The molecule has 0 spiro atoms. The predicted octanol–water partition coefficient (Wildman–Crippen LogP) is 3.92. The number of hydrogen-bond acceptors (Lipinski definition) is 5. The third-order valence-corrected chi connectivity index (χ3v) is 5.32. The van der Waals surface area contributed by atoms with Crippen LogP contribution in [0.1, 0.15) is 11.1 Å². The van der Waals surface area contributed by atoms with Gasteiger partial charge < -0.3 is 31.9 Å². The van der Waals surface area contributed by atoms with Crippen molar-refractivity contribution >= 4 is 46.5 Å². The summed E-state index contributed by atoms with van der Waals surface area (Å²) in [5.41, 5.74) is 4.18. The van der Waals surface area contributed by atoms with Crippen molar-refractivity contribution in [2.75, 3.05) is 48.5 Å². The molecule has 36 heavy (non-hydrogen) atoms. The van der Waals surface area contributed by atoms with Gasteiger partial charge in [0.05, 0.1) is 6.54 Å². The average Bonchev–Trinajstić information content (AvgIpc) is 3.41. The van der Waals surface area contributed by atoms with Crippen LogP contribution >= 0.6 is 0 Å². The maximum atomic E-state index is 12.5. The molecule has 3 aromatic carbocycles. The van der Waals surface area contributed by atoms with Gasteiger partial charge in [0, 0.05) is 54.5 Å². The molecule has 0 saturated heterocycles. The van der Waals surface area contributed by atoms with Gasteiger partial charge in [-0.3, -0.25) is 9.98 Å². The van der Waals surface area contributed by atoms with E-state index in [1.165, 1.54) is 0 Å². The van der Waals surface area contributed by atoms with Crippen molar-refractivity contribution in [3.8, 4) is 0 Å². The number of amides is 4. The molecule has 1 heterocycles. The fourth-order valence-electron chi connectivity index (χ4n) is 3.69. The molecule has 184 valence electrons. The summed E-state index contributed by atoms with van der Waals surface area (Å²) in [6.07, 6.45) is 0. The average molecular weight is 485 g/mol. The van der Waals surface area contributed by atoms with Gasteiger partial charge in [-0.2, -0.15) is 0 Å². The molecule has 0 saturated carbocycles. The van der Waals surface area contributed by atoms with Crippen LogP contribution in [0.25, 0.3) is 0 Å². The number of carbonyl (C=O) groups excluding carboxylic acids is 2. The first kappa shape index (κ1) is 24.3. The second-order valence-corrected chi connectivity index (χ2v) is 7.88. The number of hydrogen-bond donors (Lipinski definition) is 6. The maximum Gasteiger partial charge on any atom is 0.323 e. The van der Waals surface area contributed by atoms with Gasteiger partial charge >= 0.3 is 12.1 Å². The lowest BCUT2D eigenvalue weighted by Gasteiger charge is -2.12. The van der Waals surface area contributed by atoms with Gasteiger partial charge in [-0.15, -0.1) is 0 Å². The number of aliphatic imine (C=N–C) groups is 2. The quantitative estimate of drug-likeness (QED) is 0.234. The number of nitrogens with zero attached hydrogens (tertiary/aromatic N) is 2. The van der Waals surface area contributed by atoms with E-state index in [1.807, 2.05) is 36.4 Å². The molecule has 10 nitrogen and oxygen atoms in total. The topological polar surface area (TPSA) is 131 Å². The Labute approximate surface area is 209 Å². The summed E-state index contributed by atoms with van der Waals surface area (Å²) in [6.45, 7) is 1.56. The van der Waals surface area contributed by atoms with E-state index < -0.39 is 12.1 Å². The highest BCUT2D eigenvalue weighted by molar-refractivity contribution is 6.04. The molecule has 1 aliphatic rings. The number of carbonyl (C=O) groups is 2. The Hall–Kier alpha value is -4.86. The summed E-state index contributed by atoms with van der Waals surface area (Å²) < 4.78 is 0. The second kappa shape index (κ2) is 11.5. The molecule has 10 heteroatoms. The van der Waals surface area contributed by atoms with Crippen LogP contribution in [0, 0.1) is 0 Å². The van der Waals surface area contributed by atoms with Crippen LogP contribution in [0.4, 0.5) is 32.3 Å². The fourth-order valence-corrected chi connectivity index (χ4v) is 3.69. The Bertz CT molecular complexity index is 1300. The summed E-state index contributed by atoms with van der Waals surface area (Å²) in [5, 5.41) is 17.4. The highest BCUT2D eigenvalue weighted by Gasteiger charge is 2.10. The number of benzene rings is 3. The minimum Gasteiger partial charge on any atom is -0.373 e. The molecule has 3 aromatic rings. The summed E-state index contributed by atoms with van der Waals surface area (Å²) >= 11 is 0. The Kier molecular flexibility index (Phi) is 7.76. The van der Waals surface area contributed by atoms with Crippen LogP contribution in [-0.4, -0.2) is 50.9 Å². The zero-order chi connectivity index (χ0) is 25.3. The van der Waals surface area contributed by atoms with E-state index in [1.54, 1.807) is 50.5 Å². The first-order chi connectivity index (χ1) is 17.5. The Balaban J connectivity index is 1.32. The molecule has 1 aliphatic heterocycles. The summed E-state index contributed by atoms with van der Waals surface area (Å²) in [6, 6.07) is 20.9. The van der Waals surface area contributed by atoms with Gasteiger partial charge in [-0.05, 0) is 54.6 Å². The van der Waals surface area contributed by atoms with Crippen LogP contribution in [-0.2, 0) is 0 Å². The first-order valence-corrected chi connectivity index (χ1v) is 11.4. The lowest BCUT2D eigenvalue weighted by molar-refractivity contribution is 0.261. The maximum absolute atomic E-state index is 12.5. The second-order valence-electron chi connectivity index (χ2n) is 7.88. The zero-order valence-electron chi connectivity index (χ0n) is 20.1. The van der Waals surface area contributed by atoms with E-state index >= 15 is 0 Å². The lowest BCUT2D eigenvalue weighted by Crippen LogP contribution is -2.22. The van der Waals surface area contributed by atoms with E-state index in [-0.39, 0.29) is 0 Å². The molecule has 0 atom stereocenters. The van der Waals surface area contributed by atoms with Crippen LogP contribution in [0.2, 0.25) is 0 Å². The van der Waals surface area contributed by atoms with Gasteiger partial charge in [0.25, 0.3) is 0 Å². The zero-order valence-corrected chi connectivity index (χ0v) is 20.1. The highest BCUT2D eigenvalue weighted by atomic mass is 16.2. The summed E-state index contributed by atoms with van der Waals surface area (Å²) in [7, 11) is 3.51. The van der Waals surface area contributed by atoms with Crippen LogP contribution < -0.4 is 31.9 Å². The lowest BCUT2D eigenvalue weighted by atomic mass is 10.2. The SMILES string of the molecule is CN=C(NC)c1ccc(NC(=O)Nc2cccc(NC(=O)Nc3cccc(C4=NCCN4)c3)c2)cc1. The molecule has 0 unspecified atom stereocenters. The van der Waals surface area contributed by atoms with E-state index in [2.05, 4.69) is 41.9 Å². The smallest absolute Gasteiger partial charge is 0.323 e. The minimum absolute atomic E-state index is 0.397. The number of rotatable bonds is 6. The van der Waals surface area contributed by atoms with Crippen molar-refractivity contribution in [3.63, 3.8) is 0 Å². The van der Waals surface area contributed by atoms with Crippen molar-refractivity contribution in [1.82, 2.24) is 10.6 Å². The predicted molar refractivity (Wildman–Crippen MR) is 146 cm³/mol. The molecule has 0 aromatic heterocycles. The van der Waals surface area contributed by atoms with Gasteiger partial charge in [-0.1, -0.05) is 18.2 Å². The molecule has 6 N–H and O–H groups in total. The third-order valence-electron chi connectivity index (χ3n) is 5.32. The highest BCUT2D eigenvalue weighted by Crippen LogP contribution is 2.18. The van der Waals surface area contributed by atoms with Crippen molar-refractivity contribution in [1.29, 1.82) is 0 Å². The Morgan fingerprint density at radius 1 is 0.806 bits per heavy atom. The summed E-state index contributed by atoms with van der Waals surface area (Å²) in [5.74, 6) is 1.58. The third kappa shape index (κ3) is 6.38. The van der Waals surface area contributed by atoms with Crippen molar-refractivity contribution in [2.45, 2.75) is 0 Å². The molecule has 0 bridgehead atoms. The summed E-state index contributed by atoms with van der Waals surface area (Å²) in [4.78, 5) is 33.5. The van der Waals surface area contributed by atoms with Crippen molar-refractivity contribution in [3.05, 3.63) is 83.9 Å². The molecule has 0 radical (unpaired) electrons. The molecule has 4 rings (SSSR count). The Morgan fingerprint density at radius 2 is 1.39 bits per heavy atom. The molecule has 0 aliphatic carbocycles. The van der Waals surface area contributed by atoms with Gasteiger partial charge in [0.2, 0.25) is 0 Å². The molecule has 0 fully saturated rings. The van der Waals surface area contributed by atoms with Gasteiger partial charge in [0.1, 0.15) is 11.7 Å². The van der Waals surface area contributed by atoms with E-state index in [4.69, 9.17) is 0 Å². The van der Waals surface area contributed by atoms with E-state index in [0.717, 1.165) is 35.9 Å². The van der Waals surface area contributed by atoms with E-state index in [0.29, 0.717) is 22.7 Å². The molecular formula is C26H28N8O2. The normalized spacial score (nSPS) is 12.7. The fraction of sp³-hybridized carbons (Fsp3) is 0.154. The monoisotopic (exact) mass is 484 g/mol. The number of urea groups is 2. The van der Waals surface area contributed by atoms with Gasteiger partial charge in [-0.25, -0.2) is 9.59 Å². The number of nitrogens with one attached hydrogen (secondary N) is 6. The molecule has 4 amide bonds. The first-order valence-electron chi connectivity index (χ1n) is 11.4. The van der Waals surface area contributed by atoms with E-state index in [9.17, 15) is 9.59 Å². The number of anilines is 4. The standard InChI is InChI=1S/C26H28N8O2/c1-27-23(28-2)17-9-11-19(12-10-17)31-25(35)33-21-7-4-8-22(16-21)34-26(36)32-20-6-3-5-18(15-20)24-29-13-14-30-24/h3-12,15-16H,13-14H2,1-2H3,(H,27,28)(H,29,30)(H2,31,33,35)(H2,32,34,36). The largest absolute Gasteiger partial charge is 0.373 e. The van der Waals surface area contributed by atoms with Gasteiger partial charge in [0.15, 0.2) is 0 Å². The van der Waals surface area contributed by atoms with Crippen LogP contribution in [0.15, 0.2) is 82.8 Å². The Morgan fingerprint density at radius 3 is 1.94 bits per heavy atom. The van der Waals surface area contributed by atoms with Crippen LogP contribution in [0.5, 0.6) is 0 Å². The van der Waals surface area contributed by atoms with Crippen LogP contribution in [0.3, 0.4) is 0 Å².